The number of hydrogen-bond donors (Lipinski definition) is 1. The number of thiazole rings is 1. The maximum absolute atomic E-state index is 12.5. The highest BCUT2D eigenvalue weighted by Gasteiger charge is 2.33. The number of hydrogen-bond acceptors (Lipinski definition) is 7. The van der Waals surface area contributed by atoms with E-state index < -0.39 is 11.8 Å². The summed E-state index contributed by atoms with van der Waals surface area (Å²) in [6.07, 6.45) is 7.25. The number of nitrogens with zero attached hydrogens (tertiary/aromatic N) is 4. The predicted molar refractivity (Wildman–Crippen MR) is 87.6 cm³/mol. The first-order chi connectivity index (χ1) is 11.7. The summed E-state index contributed by atoms with van der Waals surface area (Å²) < 4.78 is 4.95. The quantitative estimate of drug-likeness (QED) is 0.848. The summed E-state index contributed by atoms with van der Waals surface area (Å²) in [5.41, 5.74) is 0. The molecule has 24 heavy (non-hydrogen) atoms. The monoisotopic (exact) mass is 347 g/mol. The number of carbonyl (C=O) groups is 2. The number of ether oxygens (including phenoxy) is 1. The molecule has 3 heterocycles. The van der Waals surface area contributed by atoms with Crippen molar-refractivity contribution in [2.75, 3.05) is 19.0 Å². The lowest BCUT2D eigenvalue weighted by atomic mass is 10.0. The van der Waals surface area contributed by atoms with Gasteiger partial charge in [0, 0.05) is 18.1 Å². The maximum Gasteiger partial charge on any atom is 0.316 e. The molecule has 1 atom stereocenters. The van der Waals surface area contributed by atoms with Crippen molar-refractivity contribution in [2.24, 2.45) is 0 Å². The van der Waals surface area contributed by atoms with Crippen LogP contribution in [0.4, 0.5) is 5.95 Å². The van der Waals surface area contributed by atoms with E-state index >= 15 is 0 Å². The standard InChI is InChI=1S/C15H17N5O3S/c1-23-10-8-17-15(18-9-10)19-12(21)14(22)20-6-3-2-4-11(20)13-16-5-7-24-13/h5,7-9,11H,2-4,6H2,1H3,(H,17,18,19,21). The fourth-order valence-corrected chi connectivity index (χ4v) is 3.39. The summed E-state index contributed by atoms with van der Waals surface area (Å²) in [7, 11) is 1.50. The molecule has 2 aromatic rings. The first kappa shape index (κ1) is 16.3. The Bertz CT molecular complexity index is 704. The highest BCUT2D eigenvalue weighted by Crippen LogP contribution is 2.32. The van der Waals surface area contributed by atoms with Gasteiger partial charge in [0.25, 0.3) is 0 Å². The Kier molecular flexibility index (Phi) is 4.99. The lowest BCUT2D eigenvalue weighted by Gasteiger charge is -2.33. The molecule has 1 aliphatic heterocycles. The first-order valence-electron chi connectivity index (χ1n) is 7.56. The number of amides is 2. The van der Waals surface area contributed by atoms with Gasteiger partial charge in [-0.3, -0.25) is 14.9 Å². The first-order valence-corrected chi connectivity index (χ1v) is 8.44. The third kappa shape index (κ3) is 3.51. The Morgan fingerprint density at radius 2 is 2.08 bits per heavy atom. The third-order valence-electron chi connectivity index (χ3n) is 3.78. The lowest BCUT2D eigenvalue weighted by molar-refractivity contribution is -0.145. The molecule has 0 spiro atoms. The van der Waals surface area contributed by atoms with Gasteiger partial charge in [-0.05, 0) is 19.3 Å². The van der Waals surface area contributed by atoms with E-state index in [9.17, 15) is 9.59 Å². The van der Waals surface area contributed by atoms with E-state index in [1.807, 2.05) is 5.38 Å². The van der Waals surface area contributed by atoms with E-state index in [0.717, 1.165) is 24.3 Å². The van der Waals surface area contributed by atoms with Crippen LogP contribution in [0.5, 0.6) is 5.75 Å². The number of rotatable bonds is 3. The van der Waals surface area contributed by atoms with Gasteiger partial charge >= 0.3 is 11.8 Å². The van der Waals surface area contributed by atoms with Crippen LogP contribution in [0.1, 0.15) is 30.3 Å². The van der Waals surface area contributed by atoms with Crippen molar-refractivity contribution in [3.63, 3.8) is 0 Å². The summed E-state index contributed by atoms with van der Waals surface area (Å²) in [5, 5.41) is 5.16. The van der Waals surface area contributed by atoms with Gasteiger partial charge in [-0.1, -0.05) is 0 Å². The van der Waals surface area contributed by atoms with Crippen LogP contribution in [0.3, 0.4) is 0 Å². The molecular formula is C15H17N5O3S. The van der Waals surface area contributed by atoms with Crippen LogP contribution in [0, 0.1) is 0 Å². The van der Waals surface area contributed by atoms with Crippen LogP contribution in [0.25, 0.3) is 0 Å². The highest BCUT2D eigenvalue weighted by molar-refractivity contribution is 7.09. The van der Waals surface area contributed by atoms with Crippen molar-refractivity contribution >= 4 is 29.1 Å². The van der Waals surface area contributed by atoms with E-state index in [0.29, 0.717) is 12.3 Å². The van der Waals surface area contributed by atoms with Gasteiger partial charge in [0.05, 0.1) is 25.5 Å². The molecule has 1 saturated heterocycles. The molecule has 0 radical (unpaired) electrons. The van der Waals surface area contributed by atoms with Gasteiger partial charge in [-0.15, -0.1) is 11.3 Å². The van der Waals surface area contributed by atoms with Crippen molar-refractivity contribution in [3.8, 4) is 5.75 Å². The van der Waals surface area contributed by atoms with E-state index in [2.05, 4.69) is 20.3 Å². The Morgan fingerprint density at radius 3 is 2.75 bits per heavy atom. The molecule has 2 aromatic heterocycles. The molecule has 0 bridgehead atoms. The van der Waals surface area contributed by atoms with E-state index in [1.54, 1.807) is 11.1 Å². The minimum absolute atomic E-state index is 0.0666. The zero-order valence-electron chi connectivity index (χ0n) is 13.1. The SMILES string of the molecule is COc1cnc(NC(=O)C(=O)N2CCCCC2c2nccs2)nc1. The molecule has 8 nitrogen and oxygen atoms in total. The number of nitrogens with one attached hydrogen (secondary N) is 1. The van der Waals surface area contributed by atoms with Gasteiger partial charge in [0.1, 0.15) is 5.01 Å². The zero-order valence-corrected chi connectivity index (χ0v) is 14.0. The fraction of sp³-hybridized carbons (Fsp3) is 0.400. The molecule has 0 saturated carbocycles. The summed E-state index contributed by atoms with van der Waals surface area (Å²) in [5.74, 6) is -0.797. The maximum atomic E-state index is 12.5. The predicted octanol–water partition coefficient (Wildman–Crippen LogP) is 1.63. The third-order valence-corrected chi connectivity index (χ3v) is 4.66. The van der Waals surface area contributed by atoms with Crippen molar-refractivity contribution in [2.45, 2.75) is 25.3 Å². The Morgan fingerprint density at radius 1 is 1.29 bits per heavy atom. The van der Waals surface area contributed by atoms with Crippen LogP contribution >= 0.6 is 11.3 Å². The molecule has 3 rings (SSSR count). The van der Waals surface area contributed by atoms with Crippen LogP contribution in [-0.4, -0.2) is 45.3 Å². The second-order valence-corrected chi connectivity index (χ2v) is 6.21. The number of likely N-dealkylation sites (tertiary alicyclic amines) is 1. The van der Waals surface area contributed by atoms with Crippen LogP contribution in [0.2, 0.25) is 0 Å². The summed E-state index contributed by atoms with van der Waals surface area (Å²) in [6.45, 7) is 0.542. The van der Waals surface area contributed by atoms with Crippen molar-refractivity contribution in [3.05, 3.63) is 29.0 Å². The van der Waals surface area contributed by atoms with Gasteiger partial charge in [0.2, 0.25) is 5.95 Å². The smallest absolute Gasteiger partial charge is 0.316 e. The normalized spacial score (nSPS) is 17.4. The number of aromatic nitrogens is 3. The van der Waals surface area contributed by atoms with E-state index in [4.69, 9.17) is 4.74 Å². The molecule has 1 unspecified atom stereocenters. The molecule has 2 amide bonds. The minimum atomic E-state index is -0.747. The van der Waals surface area contributed by atoms with Gasteiger partial charge in [-0.2, -0.15) is 0 Å². The number of piperidine rings is 1. The van der Waals surface area contributed by atoms with Crippen molar-refractivity contribution in [1.29, 1.82) is 0 Å². The largest absolute Gasteiger partial charge is 0.494 e. The van der Waals surface area contributed by atoms with Crippen LogP contribution in [0.15, 0.2) is 24.0 Å². The molecule has 0 aliphatic carbocycles. The molecule has 126 valence electrons. The molecule has 0 aromatic carbocycles. The van der Waals surface area contributed by atoms with E-state index in [1.165, 1.54) is 30.8 Å². The second kappa shape index (κ2) is 7.35. The zero-order chi connectivity index (χ0) is 16.9. The minimum Gasteiger partial charge on any atom is -0.494 e. The molecule has 1 N–H and O–H groups in total. The Balaban J connectivity index is 1.70. The average molecular weight is 347 g/mol. The summed E-state index contributed by atoms with van der Waals surface area (Å²) >= 11 is 1.50. The van der Waals surface area contributed by atoms with Gasteiger partial charge in [0.15, 0.2) is 5.75 Å². The highest BCUT2D eigenvalue weighted by atomic mass is 32.1. The number of anilines is 1. The average Bonchev–Trinajstić information content (AvgIpc) is 3.16. The van der Waals surface area contributed by atoms with Crippen LogP contribution in [-0.2, 0) is 9.59 Å². The second-order valence-electron chi connectivity index (χ2n) is 5.28. The van der Waals surface area contributed by atoms with Crippen molar-refractivity contribution < 1.29 is 14.3 Å². The molecule has 1 aliphatic rings. The molecule has 9 heteroatoms. The van der Waals surface area contributed by atoms with E-state index in [-0.39, 0.29) is 12.0 Å². The van der Waals surface area contributed by atoms with Gasteiger partial charge in [-0.25, -0.2) is 15.0 Å². The van der Waals surface area contributed by atoms with Crippen LogP contribution < -0.4 is 10.1 Å². The molecular weight excluding hydrogens is 330 g/mol. The Labute approximate surface area is 142 Å². The summed E-state index contributed by atoms with van der Waals surface area (Å²) in [6, 6.07) is -0.145. The topological polar surface area (TPSA) is 97.3 Å². The summed E-state index contributed by atoms with van der Waals surface area (Å²) in [4.78, 5) is 38.5. The number of carbonyl (C=O) groups excluding carboxylic acids is 2. The lowest BCUT2D eigenvalue weighted by Crippen LogP contribution is -2.44. The Hall–Kier alpha value is -2.55. The fourth-order valence-electron chi connectivity index (χ4n) is 2.60. The molecule has 1 fully saturated rings. The van der Waals surface area contributed by atoms with Crippen molar-refractivity contribution in [1.82, 2.24) is 19.9 Å². The van der Waals surface area contributed by atoms with Gasteiger partial charge < -0.3 is 9.64 Å². The number of methoxy groups -OCH3 is 1.